The van der Waals surface area contributed by atoms with Gasteiger partial charge in [-0.25, -0.2) is 0 Å². The minimum absolute atomic E-state index is 0.0313. The molecule has 1 saturated heterocycles. The van der Waals surface area contributed by atoms with E-state index in [1.54, 1.807) is 17.3 Å². The Morgan fingerprint density at radius 3 is 2.81 bits per heavy atom. The minimum atomic E-state index is -0.262. The van der Waals surface area contributed by atoms with E-state index in [0.717, 1.165) is 29.8 Å². The van der Waals surface area contributed by atoms with E-state index >= 15 is 0 Å². The van der Waals surface area contributed by atoms with Gasteiger partial charge in [0.1, 0.15) is 0 Å². The topological polar surface area (TPSA) is 91.0 Å². The highest BCUT2D eigenvalue weighted by Gasteiger charge is 2.33. The summed E-state index contributed by atoms with van der Waals surface area (Å²) in [6, 6.07) is 3.78. The molecule has 7 nitrogen and oxygen atoms in total. The molecule has 7 heteroatoms. The Morgan fingerprint density at radius 2 is 2.12 bits per heavy atom. The highest BCUT2D eigenvalue weighted by atomic mass is 16.2. The predicted molar refractivity (Wildman–Crippen MR) is 97.2 cm³/mol. The summed E-state index contributed by atoms with van der Waals surface area (Å²) < 4.78 is 0. The summed E-state index contributed by atoms with van der Waals surface area (Å²) in [5, 5.41) is 10.1. The van der Waals surface area contributed by atoms with Gasteiger partial charge in [-0.2, -0.15) is 5.10 Å². The summed E-state index contributed by atoms with van der Waals surface area (Å²) in [6.45, 7) is 5.61. The molecule has 26 heavy (non-hydrogen) atoms. The molecule has 1 atom stereocenters. The molecule has 138 valence electrons. The molecule has 0 bridgehead atoms. The largest absolute Gasteiger partial charge is 0.356 e. The lowest BCUT2D eigenvalue weighted by atomic mass is 10.1. The normalized spacial score (nSPS) is 16.9. The van der Waals surface area contributed by atoms with Gasteiger partial charge in [0.2, 0.25) is 11.8 Å². The molecule has 2 aromatic rings. The summed E-state index contributed by atoms with van der Waals surface area (Å²) in [7, 11) is 0. The number of nitrogens with zero attached hydrogens (tertiary/aromatic N) is 3. The Kier molecular flexibility index (Phi) is 5.65. The Bertz CT molecular complexity index is 752. The van der Waals surface area contributed by atoms with Crippen molar-refractivity contribution in [3.8, 4) is 0 Å². The van der Waals surface area contributed by atoms with Gasteiger partial charge in [-0.15, -0.1) is 0 Å². The molecule has 3 rings (SSSR count). The first-order valence-corrected chi connectivity index (χ1v) is 8.99. The van der Waals surface area contributed by atoms with Gasteiger partial charge in [0.05, 0.1) is 11.6 Å². The molecule has 3 heterocycles. The van der Waals surface area contributed by atoms with E-state index in [4.69, 9.17) is 0 Å². The molecule has 2 aromatic heterocycles. The Hall–Kier alpha value is -2.70. The van der Waals surface area contributed by atoms with Crippen molar-refractivity contribution in [2.24, 2.45) is 5.92 Å². The van der Waals surface area contributed by atoms with Crippen molar-refractivity contribution < 1.29 is 9.59 Å². The Morgan fingerprint density at radius 1 is 1.35 bits per heavy atom. The lowest BCUT2D eigenvalue weighted by molar-refractivity contribution is -0.129. The van der Waals surface area contributed by atoms with Crippen molar-refractivity contribution in [2.75, 3.05) is 13.1 Å². The van der Waals surface area contributed by atoms with Crippen molar-refractivity contribution in [3.05, 3.63) is 47.0 Å². The van der Waals surface area contributed by atoms with Crippen LogP contribution in [0, 0.1) is 19.8 Å². The second kappa shape index (κ2) is 8.12. The number of H-pyrrole nitrogens is 1. The number of pyridine rings is 1. The zero-order valence-corrected chi connectivity index (χ0v) is 15.3. The molecule has 1 aliphatic heterocycles. The van der Waals surface area contributed by atoms with E-state index in [1.807, 2.05) is 26.0 Å². The second-order valence-electron chi connectivity index (χ2n) is 6.84. The van der Waals surface area contributed by atoms with Crippen LogP contribution in [-0.2, 0) is 22.6 Å². The fraction of sp³-hybridized carbons (Fsp3) is 0.474. The average Bonchev–Trinajstić information content (AvgIpc) is 3.16. The number of hydrogen-bond donors (Lipinski definition) is 2. The van der Waals surface area contributed by atoms with Crippen molar-refractivity contribution in [1.82, 2.24) is 25.4 Å². The summed E-state index contributed by atoms with van der Waals surface area (Å²) in [6.07, 6.45) is 5.45. The van der Waals surface area contributed by atoms with Gasteiger partial charge in [0.15, 0.2) is 0 Å². The number of likely N-dealkylation sites (tertiary alicyclic amines) is 1. The van der Waals surface area contributed by atoms with E-state index < -0.39 is 0 Å². The van der Waals surface area contributed by atoms with Gasteiger partial charge >= 0.3 is 0 Å². The first-order chi connectivity index (χ1) is 12.5. The van der Waals surface area contributed by atoms with Gasteiger partial charge in [0.25, 0.3) is 0 Å². The molecule has 0 saturated carbocycles. The zero-order valence-electron chi connectivity index (χ0n) is 15.3. The van der Waals surface area contributed by atoms with Crippen LogP contribution in [0.1, 0.15) is 35.4 Å². The third kappa shape index (κ3) is 4.28. The van der Waals surface area contributed by atoms with Crippen LogP contribution >= 0.6 is 0 Å². The Labute approximate surface area is 153 Å². The lowest BCUT2D eigenvalue weighted by Crippen LogP contribution is -2.33. The molecule has 0 radical (unpaired) electrons. The van der Waals surface area contributed by atoms with Crippen molar-refractivity contribution >= 4 is 11.8 Å². The maximum absolute atomic E-state index is 12.4. The van der Waals surface area contributed by atoms with Crippen LogP contribution in [0.5, 0.6) is 0 Å². The highest BCUT2D eigenvalue weighted by molar-refractivity contribution is 5.89. The van der Waals surface area contributed by atoms with Crippen molar-refractivity contribution in [3.63, 3.8) is 0 Å². The highest BCUT2D eigenvalue weighted by Crippen LogP contribution is 2.20. The standard InChI is InChI=1S/C19H25N5O2/c1-13-17(14(2)23-22-13)4-3-7-21-19(26)16-10-18(25)24(12-16)11-15-5-8-20-9-6-15/h5-6,8-9,16H,3-4,7,10-12H2,1-2H3,(H,21,26)(H,22,23). The van der Waals surface area contributed by atoms with E-state index in [2.05, 4.69) is 20.5 Å². The SMILES string of the molecule is Cc1n[nH]c(C)c1CCCNC(=O)C1CC(=O)N(Cc2ccncc2)C1. The van der Waals surface area contributed by atoms with Crippen LogP contribution in [0.4, 0.5) is 0 Å². The number of rotatable bonds is 7. The molecular weight excluding hydrogens is 330 g/mol. The summed E-state index contributed by atoms with van der Waals surface area (Å²) in [4.78, 5) is 30.3. The van der Waals surface area contributed by atoms with Crippen LogP contribution in [-0.4, -0.2) is 45.0 Å². The quantitative estimate of drug-likeness (QED) is 0.737. The average molecular weight is 355 g/mol. The molecule has 1 unspecified atom stereocenters. The van der Waals surface area contributed by atoms with Gasteiger partial charge in [0, 0.05) is 44.1 Å². The first-order valence-electron chi connectivity index (χ1n) is 8.99. The summed E-state index contributed by atoms with van der Waals surface area (Å²) in [5.41, 5.74) is 4.35. The van der Waals surface area contributed by atoms with Crippen LogP contribution in [0.15, 0.2) is 24.5 Å². The molecular formula is C19H25N5O2. The lowest BCUT2D eigenvalue weighted by Gasteiger charge is -2.16. The first kappa shape index (κ1) is 18.1. The van der Waals surface area contributed by atoms with Gasteiger partial charge in [-0.1, -0.05) is 0 Å². The minimum Gasteiger partial charge on any atom is -0.356 e. The molecule has 0 spiro atoms. The van der Waals surface area contributed by atoms with Crippen molar-refractivity contribution in [1.29, 1.82) is 0 Å². The molecule has 1 aliphatic rings. The number of aromatic nitrogens is 3. The van der Waals surface area contributed by atoms with E-state index in [0.29, 0.717) is 19.6 Å². The van der Waals surface area contributed by atoms with Crippen LogP contribution < -0.4 is 5.32 Å². The number of aryl methyl sites for hydroxylation is 2. The number of nitrogens with one attached hydrogen (secondary N) is 2. The van der Waals surface area contributed by atoms with E-state index in [9.17, 15) is 9.59 Å². The van der Waals surface area contributed by atoms with E-state index in [-0.39, 0.29) is 24.2 Å². The summed E-state index contributed by atoms with van der Waals surface area (Å²) in [5.74, 6) is -0.260. The molecule has 0 aromatic carbocycles. The number of carbonyl (C=O) groups is 2. The number of hydrogen-bond acceptors (Lipinski definition) is 4. The molecule has 2 amide bonds. The third-order valence-corrected chi connectivity index (χ3v) is 4.89. The van der Waals surface area contributed by atoms with Gasteiger partial charge in [-0.05, 0) is 49.9 Å². The maximum Gasteiger partial charge on any atom is 0.225 e. The number of aromatic amines is 1. The van der Waals surface area contributed by atoms with Crippen LogP contribution in [0.2, 0.25) is 0 Å². The third-order valence-electron chi connectivity index (χ3n) is 4.89. The monoisotopic (exact) mass is 355 g/mol. The van der Waals surface area contributed by atoms with E-state index in [1.165, 1.54) is 5.56 Å². The van der Waals surface area contributed by atoms with Crippen LogP contribution in [0.25, 0.3) is 0 Å². The van der Waals surface area contributed by atoms with Crippen molar-refractivity contribution in [2.45, 2.75) is 39.7 Å². The van der Waals surface area contributed by atoms with Gasteiger partial charge in [-0.3, -0.25) is 19.7 Å². The number of carbonyl (C=O) groups excluding carboxylic acids is 2. The fourth-order valence-electron chi connectivity index (χ4n) is 3.37. The maximum atomic E-state index is 12.4. The van der Waals surface area contributed by atoms with Crippen LogP contribution in [0.3, 0.4) is 0 Å². The molecule has 2 N–H and O–H groups in total. The number of amides is 2. The molecule has 1 fully saturated rings. The summed E-state index contributed by atoms with van der Waals surface area (Å²) >= 11 is 0. The molecule has 0 aliphatic carbocycles. The zero-order chi connectivity index (χ0) is 18.5. The Balaban J connectivity index is 1.43. The smallest absolute Gasteiger partial charge is 0.225 e. The second-order valence-corrected chi connectivity index (χ2v) is 6.84. The van der Waals surface area contributed by atoms with Gasteiger partial charge < -0.3 is 10.2 Å². The predicted octanol–water partition coefficient (Wildman–Crippen LogP) is 1.52. The fourth-order valence-corrected chi connectivity index (χ4v) is 3.37.